The first-order valence-corrected chi connectivity index (χ1v) is 10.2. The number of hydrogen-bond donors (Lipinski definition) is 0. The third kappa shape index (κ3) is 2.50. The molecule has 0 radical (unpaired) electrons. The zero-order valence-corrected chi connectivity index (χ0v) is 16.2. The highest BCUT2D eigenvalue weighted by atomic mass is 19.1. The molecule has 6 rings (SSSR count). The number of fused-ring (bicyclic) bond motifs is 3. The minimum Gasteiger partial charge on any atom is -0.339 e. The molecule has 4 heteroatoms. The molecule has 0 spiro atoms. The topological polar surface area (TPSA) is 17.8 Å². The lowest BCUT2D eigenvalue weighted by molar-refractivity contribution is 0.627. The van der Waals surface area contributed by atoms with Gasteiger partial charge in [-0.3, -0.25) is 0 Å². The van der Waals surface area contributed by atoms with Gasteiger partial charge in [0.05, 0.1) is 16.9 Å². The Kier molecular flexibility index (Phi) is 3.75. The molecule has 0 saturated heterocycles. The van der Waals surface area contributed by atoms with E-state index in [0.29, 0.717) is 0 Å². The van der Waals surface area contributed by atoms with Crippen LogP contribution in [0.15, 0.2) is 72.8 Å². The molecule has 0 amide bonds. The average Bonchev–Trinajstić information content (AvgIpc) is 3.11. The molecule has 3 heterocycles. The molecule has 30 heavy (non-hydrogen) atoms. The summed E-state index contributed by atoms with van der Waals surface area (Å²) >= 11 is 0. The zero-order valence-electron chi connectivity index (χ0n) is 16.2. The molecule has 1 aliphatic heterocycles. The van der Waals surface area contributed by atoms with Crippen molar-refractivity contribution in [3.8, 4) is 22.4 Å². The molecule has 2 nitrogen and oxygen atoms in total. The zero-order chi connectivity index (χ0) is 20.2. The Morgan fingerprint density at radius 2 is 1.43 bits per heavy atom. The fourth-order valence-electron chi connectivity index (χ4n) is 4.74. The van der Waals surface area contributed by atoms with E-state index < -0.39 is 0 Å². The van der Waals surface area contributed by atoms with E-state index in [4.69, 9.17) is 4.98 Å². The molecule has 0 atom stereocenters. The Bertz CT molecular complexity index is 1410. The van der Waals surface area contributed by atoms with Gasteiger partial charge in [-0.2, -0.15) is 0 Å². The Morgan fingerprint density at radius 1 is 0.767 bits per heavy atom. The maximum atomic E-state index is 13.7. The molecule has 0 aliphatic carbocycles. The van der Waals surface area contributed by atoms with Crippen molar-refractivity contribution >= 4 is 21.8 Å². The number of hydrogen-bond acceptors (Lipinski definition) is 1. The predicted octanol–water partition coefficient (Wildman–Crippen LogP) is 6.75. The third-order valence-corrected chi connectivity index (χ3v) is 6.02. The first-order chi connectivity index (χ1) is 14.7. The molecule has 2 aromatic heterocycles. The van der Waals surface area contributed by atoms with Crippen molar-refractivity contribution in [2.75, 3.05) is 0 Å². The monoisotopic (exact) mass is 396 g/mol. The molecule has 0 fully saturated rings. The van der Waals surface area contributed by atoms with Crippen LogP contribution in [0.1, 0.15) is 12.1 Å². The van der Waals surface area contributed by atoms with E-state index in [9.17, 15) is 8.78 Å². The van der Waals surface area contributed by atoms with E-state index in [0.717, 1.165) is 58.4 Å². The van der Waals surface area contributed by atoms with Crippen molar-refractivity contribution in [2.24, 2.45) is 0 Å². The smallest absolute Gasteiger partial charge is 0.123 e. The number of rotatable bonds is 2. The van der Waals surface area contributed by atoms with Crippen LogP contribution >= 0.6 is 0 Å². The highest BCUT2D eigenvalue weighted by molar-refractivity contribution is 6.18. The molecular formula is C26H18F2N2. The molecule has 146 valence electrons. The first-order valence-electron chi connectivity index (χ1n) is 10.2. The Balaban J connectivity index is 1.82. The van der Waals surface area contributed by atoms with Crippen LogP contribution < -0.4 is 0 Å². The summed E-state index contributed by atoms with van der Waals surface area (Å²) in [5, 5.41) is 2.31. The minimum atomic E-state index is -0.277. The summed E-state index contributed by atoms with van der Waals surface area (Å²) in [6.45, 7) is 0.956. The number of nitrogens with zero attached hydrogens (tertiary/aromatic N) is 2. The van der Waals surface area contributed by atoms with Crippen LogP contribution in [0.25, 0.3) is 44.2 Å². The van der Waals surface area contributed by atoms with Crippen LogP contribution in [0.2, 0.25) is 0 Å². The summed E-state index contributed by atoms with van der Waals surface area (Å²) in [5.74, 6) is -0.549. The van der Waals surface area contributed by atoms with Crippen molar-refractivity contribution in [1.82, 2.24) is 9.55 Å². The summed E-state index contributed by atoms with van der Waals surface area (Å²) in [5.41, 5.74) is 6.96. The lowest BCUT2D eigenvalue weighted by Crippen LogP contribution is -2.10. The van der Waals surface area contributed by atoms with Crippen molar-refractivity contribution in [3.63, 3.8) is 0 Å². The summed E-state index contributed by atoms with van der Waals surface area (Å²) < 4.78 is 29.7. The largest absolute Gasteiger partial charge is 0.339 e. The van der Waals surface area contributed by atoms with Crippen LogP contribution in [-0.4, -0.2) is 9.55 Å². The second-order valence-corrected chi connectivity index (χ2v) is 7.79. The number of aryl methyl sites for hydroxylation is 2. The summed E-state index contributed by atoms with van der Waals surface area (Å²) in [7, 11) is 0. The Morgan fingerprint density at radius 3 is 2.17 bits per heavy atom. The summed E-state index contributed by atoms with van der Waals surface area (Å²) in [6, 6.07) is 21.4. The van der Waals surface area contributed by atoms with Crippen LogP contribution in [0, 0.1) is 11.6 Å². The standard InChI is InChI=1S/C26H18F2N2/c27-18-11-7-16(8-12-18)23-24-20-4-1-2-6-22(20)30-15-3-5-21(26(24)30)29-25(23)17-9-13-19(28)14-10-17/h1-2,4,6-14H,3,5,15H2. The average molecular weight is 396 g/mol. The van der Waals surface area contributed by atoms with E-state index >= 15 is 0 Å². The number of aromatic nitrogens is 2. The lowest BCUT2D eigenvalue weighted by Gasteiger charge is -2.20. The quantitative estimate of drug-likeness (QED) is 0.323. The number of benzene rings is 3. The second kappa shape index (κ2) is 6.49. The van der Waals surface area contributed by atoms with Crippen molar-refractivity contribution < 1.29 is 8.78 Å². The molecule has 0 bridgehead atoms. The number of para-hydroxylation sites is 1. The lowest BCUT2D eigenvalue weighted by atomic mass is 9.93. The summed E-state index contributed by atoms with van der Waals surface area (Å²) in [6.07, 6.45) is 1.94. The second-order valence-electron chi connectivity index (χ2n) is 7.79. The van der Waals surface area contributed by atoms with Gasteiger partial charge in [0, 0.05) is 34.0 Å². The SMILES string of the molecule is Fc1ccc(-c2nc3c4c(c2-c2ccc(F)cc2)c2ccccc2n4CCC3)cc1. The maximum Gasteiger partial charge on any atom is 0.123 e. The summed E-state index contributed by atoms with van der Waals surface area (Å²) in [4.78, 5) is 5.09. The van der Waals surface area contributed by atoms with Gasteiger partial charge in [0.2, 0.25) is 0 Å². The van der Waals surface area contributed by atoms with Gasteiger partial charge in [0.1, 0.15) is 11.6 Å². The number of halogens is 2. The van der Waals surface area contributed by atoms with Crippen molar-refractivity contribution in [3.05, 3.63) is 90.1 Å². The van der Waals surface area contributed by atoms with Gasteiger partial charge in [0.25, 0.3) is 0 Å². The third-order valence-electron chi connectivity index (χ3n) is 6.02. The molecule has 0 N–H and O–H groups in total. The van der Waals surface area contributed by atoms with E-state index in [1.54, 1.807) is 24.3 Å². The van der Waals surface area contributed by atoms with Crippen LogP contribution in [0.4, 0.5) is 8.78 Å². The molecule has 5 aromatic rings. The van der Waals surface area contributed by atoms with Crippen molar-refractivity contribution in [2.45, 2.75) is 19.4 Å². The van der Waals surface area contributed by atoms with Crippen LogP contribution in [-0.2, 0) is 13.0 Å². The highest BCUT2D eigenvalue weighted by Gasteiger charge is 2.25. The van der Waals surface area contributed by atoms with Gasteiger partial charge in [-0.15, -0.1) is 0 Å². The van der Waals surface area contributed by atoms with E-state index in [2.05, 4.69) is 28.8 Å². The van der Waals surface area contributed by atoms with Crippen LogP contribution in [0.3, 0.4) is 0 Å². The Hall–Kier alpha value is -3.53. The first kappa shape index (κ1) is 17.3. The van der Waals surface area contributed by atoms with Gasteiger partial charge in [-0.1, -0.05) is 30.3 Å². The highest BCUT2D eigenvalue weighted by Crippen LogP contribution is 2.44. The molecule has 0 saturated carbocycles. The van der Waals surface area contributed by atoms with Gasteiger partial charge in [0.15, 0.2) is 0 Å². The molecule has 1 aliphatic rings. The fourth-order valence-corrected chi connectivity index (χ4v) is 4.74. The number of pyridine rings is 1. The van der Waals surface area contributed by atoms with Crippen molar-refractivity contribution in [1.29, 1.82) is 0 Å². The van der Waals surface area contributed by atoms with Crippen LogP contribution in [0.5, 0.6) is 0 Å². The van der Waals surface area contributed by atoms with Gasteiger partial charge >= 0.3 is 0 Å². The molecular weight excluding hydrogens is 378 g/mol. The normalized spacial score (nSPS) is 13.3. The van der Waals surface area contributed by atoms with E-state index in [1.165, 1.54) is 35.2 Å². The minimum absolute atomic E-state index is 0.272. The van der Waals surface area contributed by atoms with E-state index in [-0.39, 0.29) is 11.6 Å². The molecule has 3 aromatic carbocycles. The predicted molar refractivity (Wildman–Crippen MR) is 116 cm³/mol. The van der Waals surface area contributed by atoms with Gasteiger partial charge < -0.3 is 4.57 Å². The Labute approximate surface area is 172 Å². The van der Waals surface area contributed by atoms with Gasteiger partial charge in [-0.25, -0.2) is 13.8 Å². The van der Waals surface area contributed by atoms with Gasteiger partial charge in [-0.05, 0) is 60.9 Å². The maximum absolute atomic E-state index is 13.7. The van der Waals surface area contributed by atoms with E-state index in [1.807, 2.05) is 0 Å². The molecule has 0 unspecified atom stereocenters. The fraction of sp³-hybridized carbons (Fsp3) is 0.115.